The predicted octanol–water partition coefficient (Wildman–Crippen LogP) is 3.74. The Morgan fingerprint density at radius 1 is 1.21 bits per heavy atom. The largest absolute Gasteiger partial charge is 0.491 e. The SMILES string of the molecule is CNCC(O)COc1cccc(-c2nc(NC3CCOCC3)c(C)c(-c3c(C)nsc3C)n2)c1. The van der Waals surface area contributed by atoms with Gasteiger partial charge in [0.25, 0.3) is 0 Å². The van der Waals surface area contributed by atoms with E-state index in [1.807, 2.05) is 31.2 Å². The van der Waals surface area contributed by atoms with Gasteiger partial charge in [-0.15, -0.1) is 0 Å². The summed E-state index contributed by atoms with van der Waals surface area (Å²) in [5.41, 5.74) is 4.82. The lowest BCUT2D eigenvalue weighted by Crippen LogP contribution is -2.29. The molecule has 2 aromatic heterocycles. The fourth-order valence-electron chi connectivity index (χ4n) is 4.10. The number of likely N-dealkylation sites (N-methyl/N-ethyl adjacent to an activating group) is 1. The number of rotatable bonds is 9. The van der Waals surface area contributed by atoms with Gasteiger partial charge < -0.3 is 25.2 Å². The zero-order valence-electron chi connectivity index (χ0n) is 20.2. The summed E-state index contributed by atoms with van der Waals surface area (Å²) in [6.07, 6.45) is 1.32. The van der Waals surface area contributed by atoms with Crippen LogP contribution in [0.15, 0.2) is 24.3 Å². The summed E-state index contributed by atoms with van der Waals surface area (Å²) in [5.74, 6) is 2.14. The van der Waals surface area contributed by atoms with E-state index in [9.17, 15) is 5.11 Å². The average molecular weight is 484 g/mol. The number of benzene rings is 1. The number of hydrogen-bond acceptors (Lipinski definition) is 9. The fourth-order valence-corrected chi connectivity index (χ4v) is 4.80. The fraction of sp³-hybridized carbons (Fsp3) is 0.480. The van der Waals surface area contributed by atoms with E-state index in [1.54, 1.807) is 7.05 Å². The molecule has 1 fully saturated rings. The first-order chi connectivity index (χ1) is 16.5. The molecular formula is C25H33N5O3S. The molecule has 9 heteroatoms. The number of hydrogen-bond donors (Lipinski definition) is 3. The first-order valence-corrected chi connectivity index (χ1v) is 12.5. The quantitative estimate of drug-likeness (QED) is 0.423. The van der Waals surface area contributed by atoms with Crippen LogP contribution in [0.25, 0.3) is 22.6 Å². The van der Waals surface area contributed by atoms with E-state index < -0.39 is 6.10 Å². The number of nitrogens with zero attached hydrogens (tertiary/aromatic N) is 3. The van der Waals surface area contributed by atoms with Crippen molar-refractivity contribution in [2.45, 2.75) is 45.8 Å². The molecule has 1 aromatic carbocycles. The Labute approximate surface area is 204 Å². The molecule has 4 rings (SSSR count). The maximum absolute atomic E-state index is 9.98. The summed E-state index contributed by atoms with van der Waals surface area (Å²) in [6, 6.07) is 8.02. The molecule has 1 unspecified atom stereocenters. The van der Waals surface area contributed by atoms with Crippen molar-refractivity contribution >= 4 is 17.4 Å². The van der Waals surface area contributed by atoms with Gasteiger partial charge in [-0.2, -0.15) is 4.37 Å². The van der Waals surface area contributed by atoms with Crippen LogP contribution in [-0.4, -0.2) is 65.0 Å². The van der Waals surface area contributed by atoms with Crippen molar-refractivity contribution in [3.8, 4) is 28.4 Å². The van der Waals surface area contributed by atoms with Gasteiger partial charge in [0.1, 0.15) is 24.3 Å². The third-order valence-electron chi connectivity index (χ3n) is 5.95. The highest BCUT2D eigenvalue weighted by Crippen LogP contribution is 2.35. The Morgan fingerprint density at radius 2 is 2.00 bits per heavy atom. The Hall–Kier alpha value is -2.59. The summed E-state index contributed by atoms with van der Waals surface area (Å²) >= 11 is 1.50. The average Bonchev–Trinajstić information content (AvgIpc) is 3.18. The molecule has 3 heterocycles. The topological polar surface area (TPSA) is 101 Å². The third kappa shape index (κ3) is 5.72. The first-order valence-electron chi connectivity index (χ1n) is 11.7. The predicted molar refractivity (Wildman–Crippen MR) is 136 cm³/mol. The highest BCUT2D eigenvalue weighted by atomic mass is 32.1. The molecule has 1 atom stereocenters. The van der Waals surface area contributed by atoms with Crippen LogP contribution in [0, 0.1) is 20.8 Å². The van der Waals surface area contributed by atoms with Gasteiger partial charge in [-0.1, -0.05) is 12.1 Å². The van der Waals surface area contributed by atoms with Crippen molar-refractivity contribution in [2.24, 2.45) is 0 Å². The van der Waals surface area contributed by atoms with Crippen LogP contribution in [0.3, 0.4) is 0 Å². The summed E-state index contributed by atoms with van der Waals surface area (Å²) in [5, 5.41) is 16.6. The van der Waals surface area contributed by atoms with E-state index in [4.69, 9.17) is 19.4 Å². The number of aromatic nitrogens is 3. The van der Waals surface area contributed by atoms with E-state index in [1.165, 1.54) is 11.5 Å². The number of ether oxygens (including phenoxy) is 2. The van der Waals surface area contributed by atoms with Crippen molar-refractivity contribution in [1.82, 2.24) is 19.7 Å². The van der Waals surface area contributed by atoms with E-state index in [2.05, 4.69) is 28.9 Å². The van der Waals surface area contributed by atoms with Gasteiger partial charge in [-0.05, 0) is 64.3 Å². The second-order valence-corrected chi connectivity index (χ2v) is 9.63. The molecule has 0 radical (unpaired) electrons. The number of aliphatic hydroxyl groups excluding tert-OH is 1. The second-order valence-electron chi connectivity index (χ2n) is 8.65. The zero-order valence-corrected chi connectivity index (χ0v) is 21.0. The Kier molecular flexibility index (Phi) is 8.10. The number of aryl methyl sites for hydroxylation is 2. The number of aliphatic hydroxyl groups is 1. The molecule has 0 amide bonds. The van der Waals surface area contributed by atoms with E-state index in [0.717, 1.165) is 64.8 Å². The molecule has 0 bridgehead atoms. The van der Waals surface area contributed by atoms with Gasteiger partial charge in [-0.3, -0.25) is 0 Å². The molecule has 3 N–H and O–H groups in total. The summed E-state index contributed by atoms with van der Waals surface area (Å²) in [6.45, 7) is 8.37. The molecule has 182 valence electrons. The molecule has 0 aliphatic carbocycles. The van der Waals surface area contributed by atoms with Crippen LogP contribution in [0.5, 0.6) is 5.75 Å². The Bertz CT molecular complexity index is 1090. The van der Waals surface area contributed by atoms with Crippen LogP contribution in [0.4, 0.5) is 5.82 Å². The lowest BCUT2D eigenvalue weighted by atomic mass is 10.0. The Balaban J connectivity index is 1.71. The van der Waals surface area contributed by atoms with Gasteiger partial charge in [0, 0.05) is 47.4 Å². The first kappa shape index (κ1) is 24.5. The molecule has 8 nitrogen and oxygen atoms in total. The highest BCUT2D eigenvalue weighted by molar-refractivity contribution is 7.06. The van der Waals surface area contributed by atoms with Crippen molar-refractivity contribution < 1.29 is 14.6 Å². The minimum Gasteiger partial charge on any atom is -0.491 e. The van der Waals surface area contributed by atoms with E-state index in [0.29, 0.717) is 24.2 Å². The maximum atomic E-state index is 9.98. The van der Waals surface area contributed by atoms with Crippen molar-refractivity contribution in [1.29, 1.82) is 0 Å². The normalized spacial score (nSPS) is 15.3. The maximum Gasteiger partial charge on any atom is 0.162 e. The Morgan fingerprint density at radius 3 is 2.71 bits per heavy atom. The lowest BCUT2D eigenvalue weighted by molar-refractivity contribution is 0.0904. The number of anilines is 1. The van der Waals surface area contributed by atoms with Crippen molar-refractivity contribution in [3.05, 3.63) is 40.4 Å². The third-order valence-corrected chi connectivity index (χ3v) is 6.80. The van der Waals surface area contributed by atoms with Crippen LogP contribution in [0.2, 0.25) is 0 Å². The molecule has 3 aromatic rings. The molecule has 0 saturated carbocycles. The van der Waals surface area contributed by atoms with Crippen LogP contribution < -0.4 is 15.4 Å². The van der Waals surface area contributed by atoms with Gasteiger partial charge in [-0.25, -0.2) is 9.97 Å². The molecule has 1 aliphatic heterocycles. The standard InChI is InChI=1S/C25H33N5O3S/c1-15-23(22-16(2)30-34-17(22)3)28-25(29-24(15)27-19-8-10-32-11-9-19)18-6-5-7-21(12-18)33-14-20(31)13-26-4/h5-7,12,19-20,26,31H,8-11,13-14H2,1-4H3,(H,27,28,29). The van der Waals surface area contributed by atoms with Gasteiger partial charge in [0.05, 0.1) is 11.4 Å². The highest BCUT2D eigenvalue weighted by Gasteiger charge is 2.22. The molecule has 34 heavy (non-hydrogen) atoms. The molecule has 0 spiro atoms. The minimum absolute atomic E-state index is 0.208. The number of nitrogens with one attached hydrogen (secondary N) is 2. The lowest BCUT2D eigenvalue weighted by Gasteiger charge is -2.25. The zero-order chi connectivity index (χ0) is 24.1. The van der Waals surface area contributed by atoms with Gasteiger partial charge >= 0.3 is 0 Å². The summed E-state index contributed by atoms with van der Waals surface area (Å²) < 4.78 is 15.9. The smallest absolute Gasteiger partial charge is 0.162 e. The molecule has 1 aliphatic rings. The van der Waals surface area contributed by atoms with Crippen molar-refractivity contribution in [3.63, 3.8) is 0 Å². The molecular weight excluding hydrogens is 450 g/mol. The van der Waals surface area contributed by atoms with Crippen molar-refractivity contribution in [2.75, 3.05) is 38.7 Å². The second kappa shape index (κ2) is 11.2. The van der Waals surface area contributed by atoms with E-state index >= 15 is 0 Å². The summed E-state index contributed by atoms with van der Waals surface area (Å²) in [4.78, 5) is 11.1. The van der Waals surface area contributed by atoms with Crippen LogP contribution in [0.1, 0.15) is 29.0 Å². The minimum atomic E-state index is -0.580. The van der Waals surface area contributed by atoms with Crippen LogP contribution >= 0.6 is 11.5 Å². The monoisotopic (exact) mass is 483 g/mol. The summed E-state index contributed by atoms with van der Waals surface area (Å²) in [7, 11) is 1.80. The molecule has 1 saturated heterocycles. The van der Waals surface area contributed by atoms with Gasteiger partial charge in [0.15, 0.2) is 5.82 Å². The van der Waals surface area contributed by atoms with Gasteiger partial charge in [0.2, 0.25) is 0 Å². The van der Waals surface area contributed by atoms with E-state index in [-0.39, 0.29) is 6.61 Å². The van der Waals surface area contributed by atoms with Crippen LogP contribution in [-0.2, 0) is 4.74 Å².